The fourth-order valence-corrected chi connectivity index (χ4v) is 2.63. The largest absolute Gasteiger partial charge is 0.382 e. The van der Waals surface area contributed by atoms with Crippen molar-refractivity contribution < 1.29 is 4.74 Å². The van der Waals surface area contributed by atoms with Gasteiger partial charge in [0.1, 0.15) is 5.82 Å². The Kier molecular flexibility index (Phi) is 6.21. The van der Waals surface area contributed by atoms with E-state index in [1.165, 1.54) is 5.52 Å². The van der Waals surface area contributed by atoms with E-state index in [-0.39, 0.29) is 6.04 Å². The van der Waals surface area contributed by atoms with Crippen molar-refractivity contribution in [1.29, 1.82) is 0 Å². The third kappa shape index (κ3) is 4.05. The van der Waals surface area contributed by atoms with E-state index in [4.69, 9.17) is 15.5 Å². The number of nitrogens with zero attached hydrogens (tertiary/aromatic N) is 2. The number of fused-ring (bicyclic) bond motifs is 1. The highest BCUT2D eigenvalue weighted by atomic mass is 16.5. The monoisotopic (exact) mass is 289 g/mol. The van der Waals surface area contributed by atoms with Crippen molar-refractivity contribution in [1.82, 2.24) is 9.55 Å². The SMILES string of the molecule is CCCCC(N)c1nc2ccccc2n1CCCOCC. The minimum atomic E-state index is 0.0180. The van der Waals surface area contributed by atoms with Crippen molar-refractivity contribution in [3.8, 4) is 0 Å². The van der Waals surface area contributed by atoms with Crippen LogP contribution in [0.15, 0.2) is 24.3 Å². The first kappa shape index (κ1) is 16.0. The van der Waals surface area contributed by atoms with E-state index in [0.29, 0.717) is 0 Å². The normalized spacial score (nSPS) is 12.9. The van der Waals surface area contributed by atoms with E-state index in [1.807, 2.05) is 13.0 Å². The molecule has 4 nitrogen and oxygen atoms in total. The number of hydrogen-bond donors (Lipinski definition) is 1. The van der Waals surface area contributed by atoms with Crippen LogP contribution < -0.4 is 5.73 Å². The second-order valence-electron chi connectivity index (χ2n) is 5.41. The average Bonchev–Trinajstić information content (AvgIpc) is 2.88. The number of imidazole rings is 1. The lowest BCUT2D eigenvalue weighted by Gasteiger charge is -2.14. The van der Waals surface area contributed by atoms with E-state index in [1.54, 1.807) is 0 Å². The Bertz CT molecular complexity index is 550. The van der Waals surface area contributed by atoms with Crippen molar-refractivity contribution in [2.45, 2.75) is 52.1 Å². The van der Waals surface area contributed by atoms with Gasteiger partial charge < -0.3 is 15.0 Å². The molecule has 0 radical (unpaired) electrons. The summed E-state index contributed by atoms with van der Waals surface area (Å²) in [6, 6.07) is 8.29. The third-order valence-electron chi connectivity index (χ3n) is 3.76. The molecular formula is C17H27N3O. The smallest absolute Gasteiger partial charge is 0.126 e. The van der Waals surface area contributed by atoms with E-state index >= 15 is 0 Å². The molecule has 1 aromatic heterocycles. The maximum absolute atomic E-state index is 6.36. The summed E-state index contributed by atoms with van der Waals surface area (Å²) in [4.78, 5) is 4.76. The second-order valence-corrected chi connectivity index (χ2v) is 5.41. The molecule has 1 heterocycles. The summed E-state index contributed by atoms with van der Waals surface area (Å²) in [5.74, 6) is 1.01. The highest BCUT2D eigenvalue weighted by Gasteiger charge is 2.16. The number of rotatable bonds is 9. The molecule has 0 amide bonds. The minimum Gasteiger partial charge on any atom is -0.382 e. The first-order chi connectivity index (χ1) is 10.3. The zero-order valence-corrected chi connectivity index (χ0v) is 13.2. The molecule has 1 aromatic carbocycles. The Labute approximate surface area is 127 Å². The summed E-state index contributed by atoms with van der Waals surface area (Å²) in [6.45, 7) is 6.69. The molecule has 0 fully saturated rings. The minimum absolute atomic E-state index is 0.0180. The first-order valence-electron chi connectivity index (χ1n) is 8.06. The highest BCUT2D eigenvalue weighted by molar-refractivity contribution is 5.76. The van der Waals surface area contributed by atoms with Crippen molar-refractivity contribution in [2.75, 3.05) is 13.2 Å². The lowest BCUT2D eigenvalue weighted by molar-refractivity contribution is 0.141. The summed E-state index contributed by atoms with van der Waals surface area (Å²) in [5.41, 5.74) is 8.58. The fourth-order valence-electron chi connectivity index (χ4n) is 2.63. The Balaban J connectivity index is 2.21. The van der Waals surface area contributed by atoms with Gasteiger partial charge in [0.15, 0.2) is 0 Å². The van der Waals surface area contributed by atoms with E-state index in [0.717, 1.165) is 56.8 Å². The number of para-hydroxylation sites is 2. The number of hydrogen-bond acceptors (Lipinski definition) is 3. The molecule has 0 spiro atoms. The number of nitrogens with two attached hydrogens (primary N) is 1. The van der Waals surface area contributed by atoms with Gasteiger partial charge in [0.05, 0.1) is 17.1 Å². The number of aromatic nitrogens is 2. The Morgan fingerprint density at radius 3 is 2.81 bits per heavy atom. The summed E-state index contributed by atoms with van der Waals surface area (Å²) < 4.78 is 7.72. The lowest BCUT2D eigenvalue weighted by atomic mass is 10.1. The van der Waals surface area contributed by atoms with Crippen LogP contribution in [0.4, 0.5) is 0 Å². The van der Waals surface area contributed by atoms with Gasteiger partial charge in [0.2, 0.25) is 0 Å². The molecule has 116 valence electrons. The van der Waals surface area contributed by atoms with Gasteiger partial charge in [-0.25, -0.2) is 4.98 Å². The number of ether oxygens (including phenoxy) is 1. The molecular weight excluding hydrogens is 262 g/mol. The topological polar surface area (TPSA) is 53.1 Å². The van der Waals surface area contributed by atoms with Gasteiger partial charge in [-0.3, -0.25) is 0 Å². The van der Waals surface area contributed by atoms with Crippen LogP contribution in [-0.2, 0) is 11.3 Å². The van der Waals surface area contributed by atoms with Gasteiger partial charge in [-0.15, -0.1) is 0 Å². The molecule has 0 saturated heterocycles. The van der Waals surface area contributed by atoms with Crippen LogP contribution in [0.1, 0.15) is 51.4 Å². The van der Waals surface area contributed by atoms with Crippen LogP contribution >= 0.6 is 0 Å². The predicted octanol–water partition coefficient (Wildman–Crippen LogP) is 3.65. The molecule has 2 aromatic rings. The summed E-state index contributed by atoms with van der Waals surface area (Å²) in [6.07, 6.45) is 4.29. The molecule has 0 bridgehead atoms. The predicted molar refractivity (Wildman–Crippen MR) is 87.3 cm³/mol. The molecule has 21 heavy (non-hydrogen) atoms. The van der Waals surface area contributed by atoms with Gasteiger partial charge in [0, 0.05) is 19.8 Å². The number of aryl methyl sites for hydroxylation is 1. The fraction of sp³-hybridized carbons (Fsp3) is 0.588. The van der Waals surface area contributed by atoms with Crippen LogP contribution in [-0.4, -0.2) is 22.8 Å². The van der Waals surface area contributed by atoms with Gasteiger partial charge >= 0.3 is 0 Å². The standard InChI is InChI=1S/C17H27N3O/c1-3-5-9-14(18)17-19-15-10-6-7-11-16(15)20(17)12-8-13-21-4-2/h6-7,10-11,14H,3-5,8-9,12-13,18H2,1-2H3. The van der Waals surface area contributed by atoms with Gasteiger partial charge in [0.25, 0.3) is 0 Å². The van der Waals surface area contributed by atoms with Crippen molar-refractivity contribution in [3.05, 3.63) is 30.1 Å². The molecule has 0 aliphatic rings. The molecule has 2 rings (SSSR count). The molecule has 0 aliphatic carbocycles. The van der Waals surface area contributed by atoms with Crippen molar-refractivity contribution in [3.63, 3.8) is 0 Å². The Morgan fingerprint density at radius 1 is 1.24 bits per heavy atom. The second kappa shape index (κ2) is 8.15. The van der Waals surface area contributed by atoms with Crippen LogP contribution in [0.5, 0.6) is 0 Å². The van der Waals surface area contributed by atoms with E-state index in [9.17, 15) is 0 Å². The van der Waals surface area contributed by atoms with Crippen molar-refractivity contribution in [2.24, 2.45) is 5.73 Å². The Morgan fingerprint density at radius 2 is 2.05 bits per heavy atom. The Hall–Kier alpha value is -1.39. The van der Waals surface area contributed by atoms with Gasteiger partial charge in [-0.1, -0.05) is 31.9 Å². The molecule has 0 saturated carbocycles. The van der Waals surface area contributed by atoms with Crippen LogP contribution in [0, 0.1) is 0 Å². The van der Waals surface area contributed by atoms with E-state index in [2.05, 4.69) is 29.7 Å². The zero-order valence-electron chi connectivity index (χ0n) is 13.2. The third-order valence-corrected chi connectivity index (χ3v) is 3.76. The van der Waals surface area contributed by atoms with E-state index < -0.39 is 0 Å². The number of benzene rings is 1. The van der Waals surface area contributed by atoms with Crippen LogP contribution in [0.2, 0.25) is 0 Å². The maximum Gasteiger partial charge on any atom is 0.126 e. The molecule has 1 unspecified atom stereocenters. The lowest BCUT2D eigenvalue weighted by Crippen LogP contribution is -2.17. The van der Waals surface area contributed by atoms with Gasteiger partial charge in [-0.05, 0) is 31.9 Å². The average molecular weight is 289 g/mol. The highest BCUT2D eigenvalue weighted by Crippen LogP contribution is 2.23. The molecule has 1 atom stereocenters. The summed E-state index contributed by atoms with van der Waals surface area (Å²) in [7, 11) is 0. The first-order valence-corrected chi connectivity index (χ1v) is 8.06. The van der Waals surface area contributed by atoms with Crippen LogP contribution in [0.25, 0.3) is 11.0 Å². The van der Waals surface area contributed by atoms with Crippen molar-refractivity contribution >= 4 is 11.0 Å². The summed E-state index contributed by atoms with van der Waals surface area (Å²) >= 11 is 0. The quantitative estimate of drug-likeness (QED) is 0.717. The molecule has 4 heteroatoms. The van der Waals surface area contributed by atoms with Gasteiger partial charge in [-0.2, -0.15) is 0 Å². The van der Waals surface area contributed by atoms with Crippen LogP contribution in [0.3, 0.4) is 0 Å². The number of unbranched alkanes of at least 4 members (excludes halogenated alkanes) is 1. The summed E-state index contributed by atoms with van der Waals surface area (Å²) in [5, 5.41) is 0. The molecule has 0 aliphatic heterocycles. The maximum atomic E-state index is 6.36. The molecule has 2 N–H and O–H groups in total. The zero-order chi connectivity index (χ0) is 15.1.